The Kier molecular flexibility index (Phi) is 6.54. The largest absolute Gasteiger partial charge is 0.514 e. The minimum Gasteiger partial charge on any atom is -0.444 e. The van der Waals surface area contributed by atoms with Crippen LogP contribution in [-0.2, 0) is 16.1 Å². The molecule has 28 heavy (non-hydrogen) atoms. The summed E-state index contributed by atoms with van der Waals surface area (Å²) in [5, 5.41) is 13.2. The number of nitro groups is 1. The third kappa shape index (κ3) is 6.60. The molecule has 9 nitrogen and oxygen atoms in total. The molecule has 0 spiro atoms. The van der Waals surface area contributed by atoms with E-state index in [9.17, 15) is 19.7 Å². The van der Waals surface area contributed by atoms with Crippen molar-refractivity contribution in [2.75, 3.05) is 5.32 Å². The van der Waals surface area contributed by atoms with Crippen LogP contribution in [0.4, 0.5) is 21.0 Å². The number of carbonyl (C=O) groups excluding carboxylic acids is 2. The fraction of sp³-hybridized carbons (Fsp3) is 0.263. The van der Waals surface area contributed by atoms with E-state index < -0.39 is 22.8 Å². The van der Waals surface area contributed by atoms with Gasteiger partial charge in [0.15, 0.2) is 0 Å². The van der Waals surface area contributed by atoms with Crippen LogP contribution in [0.3, 0.4) is 0 Å². The smallest absolute Gasteiger partial charge is 0.444 e. The van der Waals surface area contributed by atoms with E-state index in [2.05, 4.69) is 5.32 Å². The standard InChI is InChI=1S/C19H20N2O7/c1-19(2,3)28-17(22)20-16-7-5-4-6-13(16)12-26-18(23)27-15-10-8-14(9-11-15)21(24)25/h4-11H,12H2,1-3H3,(H,20,22). The topological polar surface area (TPSA) is 117 Å². The Morgan fingerprint density at radius 1 is 1.07 bits per heavy atom. The van der Waals surface area contributed by atoms with Crippen molar-refractivity contribution in [3.8, 4) is 5.75 Å². The van der Waals surface area contributed by atoms with Crippen LogP contribution in [0.15, 0.2) is 48.5 Å². The second-order valence-corrected chi connectivity index (χ2v) is 6.68. The van der Waals surface area contributed by atoms with E-state index >= 15 is 0 Å². The quantitative estimate of drug-likeness (QED) is 0.343. The summed E-state index contributed by atoms with van der Waals surface area (Å²) in [5.74, 6) is 0.107. The number of hydrogen-bond donors (Lipinski definition) is 1. The maximum Gasteiger partial charge on any atom is 0.514 e. The van der Waals surface area contributed by atoms with E-state index in [0.29, 0.717) is 11.3 Å². The first kappa shape index (κ1) is 20.7. The molecule has 0 heterocycles. The number of benzene rings is 2. The summed E-state index contributed by atoms with van der Waals surface area (Å²) in [7, 11) is 0. The van der Waals surface area contributed by atoms with Crippen LogP contribution in [0.5, 0.6) is 5.75 Å². The van der Waals surface area contributed by atoms with Gasteiger partial charge in [-0.2, -0.15) is 0 Å². The van der Waals surface area contributed by atoms with Gasteiger partial charge in [0.25, 0.3) is 5.69 Å². The first-order valence-corrected chi connectivity index (χ1v) is 8.31. The van der Waals surface area contributed by atoms with E-state index in [1.807, 2.05) is 0 Å². The number of ether oxygens (including phenoxy) is 3. The highest BCUT2D eigenvalue weighted by atomic mass is 16.7. The molecule has 2 aromatic carbocycles. The normalized spacial score (nSPS) is 10.7. The highest BCUT2D eigenvalue weighted by Crippen LogP contribution is 2.20. The fourth-order valence-electron chi connectivity index (χ4n) is 2.08. The lowest BCUT2D eigenvalue weighted by Crippen LogP contribution is -2.27. The Balaban J connectivity index is 1.94. The van der Waals surface area contributed by atoms with Gasteiger partial charge in [-0.15, -0.1) is 0 Å². The maximum absolute atomic E-state index is 11.9. The Labute approximate surface area is 161 Å². The van der Waals surface area contributed by atoms with E-state index in [1.54, 1.807) is 45.0 Å². The van der Waals surface area contributed by atoms with Gasteiger partial charge in [-0.3, -0.25) is 15.4 Å². The van der Waals surface area contributed by atoms with Crippen LogP contribution in [0, 0.1) is 10.1 Å². The van der Waals surface area contributed by atoms with Gasteiger partial charge in [0.05, 0.1) is 10.6 Å². The lowest BCUT2D eigenvalue weighted by molar-refractivity contribution is -0.384. The van der Waals surface area contributed by atoms with Gasteiger partial charge in [0, 0.05) is 17.7 Å². The number of non-ortho nitro benzene ring substituents is 1. The lowest BCUT2D eigenvalue weighted by atomic mass is 10.2. The fourth-order valence-corrected chi connectivity index (χ4v) is 2.08. The number of nitrogens with one attached hydrogen (secondary N) is 1. The molecular weight excluding hydrogens is 368 g/mol. The van der Waals surface area contributed by atoms with E-state index in [-0.39, 0.29) is 18.0 Å². The summed E-state index contributed by atoms with van der Waals surface area (Å²) in [5.41, 5.74) is 0.195. The molecule has 1 N–H and O–H groups in total. The second kappa shape index (κ2) is 8.85. The van der Waals surface area contributed by atoms with Crippen molar-refractivity contribution in [3.05, 3.63) is 64.2 Å². The first-order valence-electron chi connectivity index (χ1n) is 8.31. The maximum atomic E-state index is 11.9. The molecule has 0 saturated heterocycles. The van der Waals surface area contributed by atoms with Gasteiger partial charge in [0.1, 0.15) is 18.0 Å². The van der Waals surface area contributed by atoms with Crippen molar-refractivity contribution in [2.24, 2.45) is 0 Å². The van der Waals surface area contributed by atoms with E-state index in [1.165, 1.54) is 24.3 Å². The third-order valence-electron chi connectivity index (χ3n) is 3.25. The van der Waals surface area contributed by atoms with E-state index in [4.69, 9.17) is 14.2 Å². The average Bonchev–Trinajstić information content (AvgIpc) is 2.60. The molecule has 2 rings (SSSR count). The molecule has 0 aliphatic heterocycles. The number of rotatable bonds is 5. The Morgan fingerprint density at radius 3 is 2.32 bits per heavy atom. The van der Waals surface area contributed by atoms with Crippen molar-refractivity contribution in [3.63, 3.8) is 0 Å². The molecule has 0 aliphatic carbocycles. The van der Waals surface area contributed by atoms with Gasteiger partial charge in [-0.05, 0) is 39.0 Å². The summed E-state index contributed by atoms with van der Waals surface area (Å²) in [6, 6.07) is 11.8. The summed E-state index contributed by atoms with van der Waals surface area (Å²) in [4.78, 5) is 33.8. The summed E-state index contributed by atoms with van der Waals surface area (Å²) < 4.78 is 15.2. The molecule has 0 radical (unpaired) electrons. The Morgan fingerprint density at radius 2 is 1.71 bits per heavy atom. The molecule has 0 unspecified atom stereocenters. The molecule has 9 heteroatoms. The van der Waals surface area contributed by atoms with Gasteiger partial charge in [-0.25, -0.2) is 9.59 Å². The van der Waals surface area contributed by atoms with Crippen molar-refractivity contribution < 1.29 is 28.7 Å². The molecule has 0 saturated carbocycles. The predicted octanol–water partition coefficient (Wildman–Crippen LogP) is 4.66. The molecule has 0 aliphatic rings. The summed E-state index contributed by atoms with van der Waals surface area (Å²) >= 11 is 0. The number of nitrogens with zero attached hydrogens (tertiary/aromatic N) is 1. The van der Waals surface area contributed by atoms with Crippen LogP contribution < -0.4 is 10.1 Å². The van der Waals surface area contributed by atoms with Crippen LogP contribution >= 0.6 is 0 Å². The number of hydrogen-bond acceptors (Lipinski definition) is 7. The van der Waals surface area contributed by atoms with Crippen LogP contribution in [0.2, 0.25) is 0 Å². The second-order valence-electron chi connectivity index (χ2n) is 6.68. The first-order chi connectivity index (χ1) is 13.1. The minimum absolute atomic E-state index is 0.107. The lowest BCUT2D eigenvalue weighted by Gasteiger charge is -2.20. The Hall–Kier alpha value is -3.62. The summed E-state index contributed by atoms with van der Waals surface area (Å²) in [6.07, 6.45) is -1.62. The number of para-hydroxylation sites is 1. The van der Waals surface area contributed by atoms with Gasteiger partial charge < -0.3 is 14.2 Å². The zero-order valence-electron chi connectivity index (χ0n) is 15.6. The average molecular weight is 388 g/mol. The van der Waals surface area contributed by atoms with Crippen molar-refractivity contribution >= 4 is 23.6 Å². The number of amides is 1. The highest BCUT2D eigenvalue weighted by Gasteiger charge is 2.17. The molecule has 0 fully saturated rings. The Bertz CT molecular complexity index is 857. The minimum atomic E-state index is -0.985. The number of nitro benzene ring substituents is 1. The molecule has 148 valence electrons. The molecule has 0 atom stereocenters. The highest BCUT2D eigenvalue weighted by molar-refractivity contribution is 5.86. The SMILES string of the molecule is CC(C)(C)OC(=O)Nc1ccccc1COC(=O)Oc1ccc([N+](=O)[O-])cc1. The zero-order chi connectivity index (χ0) is 20.7. The van der Waals surface area contributed by atoms with Crippen LogP contribution in [0.25, 0.3) is 0 Å². The van der Waals surface area contributed by atoms with Crippen LogP contribution in [-0.4, -0.2) is 22.8 Å². The zero-order valence-corrected chi connectivity index (χ0v) is 15.6. The van der Waals surface area contributed by atoms with Crippen molar-refractivity contribution in [1.29, 1.82) is 0 Å². The van der Waals surface area contributed by atoms with Crippen molar-refractivity contribution in [2.45, 2.75) is 33.0 Å². The molecule has 1 amide bonds. The number of anilines is 1. The predicted molar refractivity (Wildman–Crippen MR) is 100 cm³/mol. The van der Waals surface area contributed by atoms with Crippen LogP contribution in [0.1, 0.15) is 26.3 Å². The van der Waals surface area contributed by atoms with Crippen molar-refractivity contribution in [1.82, 2.24) is 0 Å². The van der Waals surface area contributed by atoms with Gasteiger partial charge in [-0.1, -0.05) is 18.2 Å². The monoisotopic (exact) mass is 388 g/mol. The molecule has 2 aromatic rings. The molecule has 0 aromatic heterocycles. The number of carbonyl (C=O) groups is 2. The molecule has 0 bridgehead atoms. The van der Waals surface area contributed by atoms with Gasteiger partial charge in [0.2, 0.25) is 0 Å². The van der Waals surface area contributed by atoms with Gasteiger partial charge >= 0.3 is 12.2 Å². The third-order valence-corrected chi connectivity index (χ3v) is 3.25. The van der Waals surface area contributed by atoms with E-state index in [0.717, 1.165) is 0 Å². The molecular formula is C19H20N2O7. The summed E-state index contributed by atoms with van der Waals surface area (Å²) in [6.45, 7) is 5.08.